The summed E-state index contributed by atoms with van der Waals surface area (Å²) in [6.07, 6.45) is 0. The SMILES string of the molecule is COCC(N)C(=O)N(C)Cc1ccc(F)c(F)c1. The molecule has 0 saturated carbocycles. The molecule has 1 aromatic rings. The van der Waals surface area contributed by atoms with E-state index in [-0.39, 0.29) is 19.1 Å². The fourth-order valence-electron chi connectivity index (χ4n) is 1.52. The van der Waals surface area contributed by atoms with E-state index in [9.17, 15) is 13.6 Å². The Morgan fingerprint density at radius 3 is 2.67 bits per heavy atom. The molecule has 0 radical (unpaired) electrons. The average Bonchev–Trinajstić information content (AvgIpc) is 2.33. The molecule has 18 heavy (non-hydrogen) atoms. The van der Waals surface area contributed by atoms with Crippen LogP contribution >= 0.6 is 0 Å². The number of benzene rings is 1. The standard InChI is InChI=1S/C12H16F2N2O2/c1-16(12(17)11(15)7-18-2)6-8-3-4-9(13)10(14)5-8/h3-5,11H,6-7,15H2,1-2H3. The van der Waals surface area contributed by atoms with E-state index in [0.29, 0.717) is 5.56 Å². The van der Waals surface area contributed by atoms with Crippen molar-refractivity contribution in [3.05, 3.63) is 35.4 Å². The largest absolute Gasteiger partial charge is 0.383 e. The molecule has 1 rings (SSSR count). The molecule has 0 aromatic heterocycles. The van der Waals surface area contributed by atoms with Gasteiger partial charge < -0.3 is 15.4 Å². The Hall–Kier alpha value is -1.53. The van der Waals surface area contributed by atoms with Gasteiger partial charge >= 0.3 is 0 Å². The summed E-state index contributed by atoms with van der Waals surface area (Å²) < 4.78 is 30.5. The molecule has 0 bridgehead atoms. The van der Waals surface area contributed by atoms with Crippen LogP contribution in [0.15, 0.2) is 18.2 Å². The van der Waals surface area contributed by atoms with Crippen LogP contribution in [-0.4, -0.2) is 37.6 Å². The Labute approximate surface area is 104 Å². The number of nitrogens with zero attached hydrogens (tertiary/aromatic N) is 1. The first-order valence-corrected chi connectivity index (χ1v) is 5.39. The highest BCUT2D eigenvalue weighted by Gasteiger charge is 2.18. The second kappa shape index (κ2) is 6.42. The van der Waals surface area contributed by atoms with Crippen molar-refractivity contribution in [2.24, 2.45) is 5.73 Å². The maximum absolute atomic E-state index is 13.0. The van der Waals surface area contributed by atoms with Crippen LogP contribution in [0.4, 0.5) is 8.78 Å². The number of methoxy groups -OCH3 is 1. The molecule has 2 N–H and O–H groups in total. The molecule has 1 amide bonds. The van der Waals surface area contributed by atoms with E-state index in [0.717, 1.165) is 12.1 Å². The molecule has 0 aliphatic rings. The van der Waals surface area contributed by atoms with E-state index in [1.54, 1.807) is 7.05 Å². The Balaban J connectivity index is 2.66. The first-order valence-electron chi connectivity index (χ1n) is 5.39. The number of rotatable bonds is 5. The van der Waals surface area contributed by atoms with Crippen molar-refractivity contribution >= 4 is 5.91 Å². The molecular weight excluding hydrogens is 242 g/mol. The summed E-state index contributed by atoms with van der Waals surface area (Å²) in [6.45, 7) is 0.272. The minimum atomic E-state index is -0.936. The molecule has 0 spiro atoms. The van der Waals surface area contributed by atoms with Gasteiger partial charge in [0.1, 0.15) is 6.04 Å². The molecule has 0 aliphatic carbocycles. The predicted octanol–water partition coefficient (Wildman–Crippen LogP) is 0.897. The minimum absolute atomic E-state index is 0.112. The summed E-state index contributed by atoms with van der Waals surface area (Å²) in [5.41, 5.74) is 6.08. The van der Waals surface area contributed by atoms with Gasteiger partial charge in [-0.1, -0.05) is 6.07 Å². The van der Waals surface area contributed by atoms with Gasteiger partial charge in [0.2, 0.25) is 5.91 Å². The molecule has 0 saturated heterocycles. The molecular formula is C12H16F2N2O2. The molecule has 0 aliphatic heterocycles. The maximum Gasteiger partial charge on any atom is 0.241 e. The number of halogens is 2. The number of carbonyl (C=O) groups excluding carboxylic acids is 1. The Morgan fingerprint density at radius 1 is 1.44 bits per heavy atom. The van der Waals surface area contributed by atoms with E-state index < -0.39 is 17.7 Å². The minimum Gasteiger partial charge on any atom is -0.383 e. The van der Waals surface area contributed by atoms with E-state index in [2.05, 4.69) is 0 Å². The van der Waals surface area contributed by atoms with Gasteiger partial charge in [0.05, 0.1) is 6.61 Å². The average molecular weight is 258 g/mol. The fraction of sp³-hybridized carbons (Fsp3) is 0.417. The Bertz CT molecular complexity index is 427. The second-order valence-corrected chi connectivity index (χ2v) is 4.00. The molecule has 4 nitrogen and oxygen atoms in total. The zero-order valence-corrected chi connectivity index (χ0v) is 10.3. The van der Waals surface area contributed by atoms with Crippen LogP contribution in [0.5, 0.6) is 0 Å². The summed E-state index contributed by atoms with van der Waals surface area (Å²) in [5.74, 6) is -2.17. The van der Waals surface area contributed by atoms with Crippen molar-refractivity contribution in [3.8, 4) is 0 Å². The number of likely N-dealkylation sites (N-methyl/N-ethyl adjacent to an activating group) is 1. The quantitative estimate of drug-likeness (QED) is 0.853. The Morgan fingerprint density at radius 2 is 2.11 bits per heavy atom. The summed E-state index contributed by atoms with van der Waals surface area (Å²) in [7, 11) is 2.99. The van der Waals surface area contributed by atoms with Gasteiger partial charge in [-0.25, -0.2) is 8.78 Å². The number of carbonyl (C=O) groups is 1. The van der Waals surface area contributed by atoms with Gasteiger partial charge in [-0.05, 0) is 17.7 Å². The van der Waals surface area contributed by atoms with Crippen molar-refractivity contribution in [2.45, 2.75) is 12.6 Å². The van der Waals surface area contributed by atoms with Crippen LogP contribution in [-0.2, 0) is 16.1 Å². The zero-order chi connectivity index (χ0) is 13.7. The lowest BCUT2D eigenvalue weighted by Gasteiger charge is -2.21. The first kappa shape index (κ1) is 14.5. The highest BCUT2D eigenvalue weighted by molar-refractivity contribution is 5.81. The molecule has 1 aromatic carbocycles. The van der Waals surface area contributed by atoms with E-state index in [4.69, 9.17) is 10.5 Å². The van der Waals surface area contributed by atoms with E-state index >= 15 is 0 Å². The monoisotopic (exact) mass is 258 g/mol. The van der Waals surface area contributed by atoms with Crippen LogP contribution in [0, 0.1) is 11.6 Å². The highest BCUT2D eigenvalue weighted by atomic mass is 19.2. The van der Waals surface area contributed by atoms with Crippen LogP contribution in [0.3, 0.4) is 0 Å². The normalized spacial score (nSPS) is 12.3. The number of hydrogen-bond donors (Lipinski definition) is 1. The smallest absolute Gasteiger partial charge is 0.241 e. The van der Waals surface area contributed by atoms with Gasteiger partial charge in [-0.2, -0.15) is 0 Å². The van der Waals surface area contributed by atoms with Crippen LogP contribution in [0.25, 0.3) is 0 Å². The summed E-state index contributed by atoms with van der Waals surface area (Å²) in [5, 5.41) is 0. The van der Waals surface area contributed by atoms with Gasteiger partial charge in [0.25, 0.3) is 0 Å². The van der Waals surface area contributed by atoms with E-state index in [1.165, 1.54) is 18.1 Å². The van der Waals surface area contributed by atoms with Gasteiger partial charge in [-0.15, -0.1) is 0 Å². The third kappa shape index (κ3) is 3.75. The first-order chi connectivity index (χ1) is 8.45. The van der Waals surface area contributed by atoms with E-state index in [1.807, 2.05) is 0 Å². The van der Waals surface area contributed by atoms with Crippen LogP contribution < -0.4 is 5.73 Å². The number of hydrogen-bond acceptors (Lipinski definition) is 3. The van der Waals surface area contributed by atoms with Gasteiger partial charge in [0.15, 0.2) is 11.6 Å². The van der Waals surface area contributed by atoms with Crippen molar-refractivity contribution < 1.29 is 18.3 Å². The lowest BCUT2D eigenvalue weighted by atomic mass is 10.2. The summed E-state index contributed by atoms with van der Waals surface area (Å²) in [4.78, 5) is 13.1. The molecule has 1 atom stereocenters. The topological polar surface area (TPSA) is 55.6 Å². The van der Waals surface area contributed by atoms with Crippen LogP contribution in [0.1, 0.15) is 5.56 Å². The lowest BCUT2D eigenvalue weighted by molar-refractivity contribution is -0.132. The zero-order valence-electron chi connectivity index (χ0n) is 10.3. The molecule has 0 heterocycles. The Kier molecular flexibility index (Phi) is 5.18. The lowest BCUT2D eigenvalue weighted by Crippen LogP contribution is -2.44. The third-order valence-electron chi connectivity index (χ3n) is 2.44. The summed E-state index contributed by atoms with van der Waals surface area (Å²) in [6, 6.07) is 2.74. The highest BCUT2D eigenvalue weighted by Crippen LogP contribution is 2.10. The third-order valence-corrected chi connectivity index (χ3v) is 2.44. The van der Waals surface area contributed by atoms with Crippen molar-refractivity contribution in [3.63, 3.8) is 0 Å². The molecule has 0 fully saturated rings. The van der Waals surface area contributed by atoms with Crippen molar-refractivity contribution in [1.82, 2.24) is 4.90 Å². The molecule has 1 unspecified atom stereocenters. The molecule has 100 valence electrons. The van der Waals surface area contributed by atoms with Gasteiger partial charge in [0, 0.05) is 20.7 Å². The van der Waals surface area contributed by atoms with Crippen molar-refractivity contribution in [2.75, 3.05) is 20.8 Å². The van der Waals surface area contributed by atoms with Gasteiger partial charge in [-0.3, -0.25) is 4.79 Å². The number of ether oxygens (including phenoxy) is 1. The molecule has 6 heteroatoms. The number of amides is 1. The fourth-order valence-corrected chi connectivity index (χ4v) is 1.52. The van der Waals surface area contributed by atoms with Crippen molar-refractivity contribution in [1.29, 1.82) is 0 Å². The number of nitrogens with two attached hydrogens (primary N) is 1. The second-order valence-electron chi connectivity index (χ2n) is 4.00. The summed E-state index contributed by atoms with van der Waals surface area (Å²) >= 11 is 0. The predicted molar refractivity (Wildman–Crippen MR) is 62.7 cm³/mol. The maximum atomic E-state index is 13.0. The van der Waals surface area contributed by atoms with Crippen LogP contribution in [0.2, 0.25) is 0 Å².